The lowest BCUT2D eigenvalue weighted by Gasteiger charge is -2.12. The van der Waals surface area contributed by atoms with Crippen LogP contribution in [0.2, 0.25) is 0 Å². The molecule has 0 saturated carbocycles. The van der Waals surface area contributed by atoms with Gasteiger partial charge in [-0.2, -0.15) is 0 Å². The number of carbonyl (C=O) groups is 3. The van der Waals surface area contributed by atoms with E-state index in [9.17, 15) is 14.4 Å². The first-order chi connectivity index (χ1) is 10.9. The predicted molar refractivity (Wildman–Crippen MR) is 91.4 cm³/mol. The van der Waals surface area contributed by atoms with Crippen LogP contribution >= 0.6 is 11.8 Å². The Morgan fingerprint density at radius 1 is 1.26 bits per heavy atom. The van der Waals surface area contributed by atoms with Gasteiger partial charge in [-0.3, -0.25) is 14.4 Å². The summed E-state index contributed by atoms with van der Waals surface area (Å²) in [4.78, 5) is 34.8. The Balaban J connectivity index is 2.26. The van der Waals surface area contributed by atoms with Gasteiger partial charge in [0.2, 0.25) is 5.91 Å². The molecule has 1 atom stereocenters. The van der Waals surface area contributed by atoms with E-state index in [0.717, 1.165) is 23.0 Å². The molecular weight excluding hydrogens is 316 g/mol. The SMILES string of the molecule is CCNC(=O)[C@H](C)OC(=O)CSCC(=O)Nc1cccc(C)c1. The summed E-state index contributed by atoms with van der Waals surface area (Å²) in [5, 5.41) is 5.33. The number of aryl methyl sites for hydroxylation is 1. The van der Waals surface area contributed by atoms with Gasteiger partial charge < -0.3 is 15.4 Å². The van der Waals surface area contributed by atoms with Gasteiger partial charge in [-0.25, -0.2) is 0 Å². The molecule has 0 bridgehead atoms. The summed E-state index contributed by atoms with van der Waals surface area (Å²) in [6.07, 6.45) is -0.829. The van der Waals surface area contributed by atoms with Crippen LogP contribution in [0.3, 0.4) is 0 Å². The second-order valence-corrected chi connectivity index (χ2v) is 5.92. The molecule has 0 spiro atoms. The number of hydrogen-bond acceptors (Lipinski definition) is 5. The molecule has 126 valence electrons. The van der Waals surface area contributed by atoms with Gasteiger partial charge in [0.25, 0.3) is 5.91 Å². The Morgan fingerprint density at radius 2 is 2.00 bits per heavy atom. The van der Waals surface area contributed by atoms with Crippen molar-refractivity contribution in [3.05, 3.63) is 29.8 Å². The number of esters is 1. The number of benzene rings is 1. The third kappa shape index (κ3) is 7.69. The molecule has 1 aromatic rings. The highest BCUT2D eigenvalue weighted by atomic mass is 32.2. The van der Waals surface area contributed by atoms with Gasteiger partial charge in [0, 0.05) is 12.2 Å². The summed E-state index contributed by atoms with van der Waals surface area (Å²) in [5.41, 5.74) is 1.78. The fraction of sp³-hybridized carbons (Fsp3) is 0.438. The molecule has 0 aliphatic rings. The molecular formula is C16H22N2O4S. The summed E-state index contributed by atoms with van der Waals surface area (Å²) in [6.45, 7) is 5.72. The average Bonchev–Trinajstić information content (AvgIpc) is 2.47. The maximum Gasteiger partial charge on any atom is 0.316 e. The van der Waals surface area contributed by atoms with Crippen LogP contribution in [-0.2, 0) is 19.1 Å². The normalized spacial score (nSPS) is 11.4. The highest BCUT2D eigenvalue weighted by Crippen LogP contribution is 2.10. The van der Waals surface area contributed by atoms with Gasteiger partial charge in [0.15, 0.2) is 6.10 Å². The van der Waals surface area contributed by atoms with Crippen molar-refractivity contribution < 1.29 is 19.1 Å². The molecule has 0 radical (unpaired) electrons. The van der Waals surface area contributed by atoms with Crippen LogP contribution in [-0.4, -0.2) is 41.9 Å². The van der Waals surface area contributed by atoms with E-state index in [1.54, 1.807) is 13.0 Å². The standard InChI is InChI=1S/C16H22N2O4S/c1-4-17-16(21)12(3)22-15(20)10-23-9-14(19)18-13-7-5-6-11(2)8-13/h5-8,12H,4,9-10H2,1-3H3,(H,17,21)(H,18,19)/t12-/m0/s1. The van der Waals surface area contributed by atoms with E-state index in [1.807, 2.05) is 25.1 Å². The van der Waals surface area contributed by atoms with E-state index < -0.39 is 12.1 Å². The van der Waals surface area contributed by atoms with E-state index in [1.165, 1.54) is 6.92 Å². The van der Waals surface area contributed by atoms with Gasteiger partial charge in [-0.15, -0.1) is 11.8 Å². The molecule has 2 amide bonds. The first kappa shape index (κ1) is 19.0. The number of amides is 2. The first-order valence-corrected chi connectivity index (χ1v) is 8.49. The van der Waals surface area contributed by atoms with Crippen molar-refractivity contribution in [1.82, 2.24) is 5.32 Å². The zero-order valence-electron chi connectivity index (χ0n) is 13.5. The topological polar surface area (TPSA) is 84.5 Å². The molecule has 0 aromatic heterocycles. The van der Waals surface area contributed by atoms with Crippen molar-refractivity contribution in [2.75, 3.05) is 23.4 Å². The van der Waals surface area contributed by atoms with Crippen molar-refractivity contribution in [2.24, 2.45) is 0 Å². The Hall–Kier alpha value is -2.02. The van der Waals surface area contributed by atoms with Crippen LogP contribution < -0.4 is 10.6 Å². The molecule has 0 aliphatic heterocycles. The van der Waals surface area contributed by atoms with Gasteiger partial charge in [0.1, 0.15) is 0 Å². The Kier molecular flexibility index (Phi) is 8.18. The van der Waals surface area contributed by atoms with Gasteiger partial charge >= 0.3 is 5.97 Å². The maximum atomic E-state index is 11.8. The van der Waals surface area contributed by atoms with E-state index in [4.69, 9.17) is 4.74 Å². The Labute approximate surface area is 140 Å². The number of nitrogens with one attached hydrogen (secondary N) is 2. The summed E-state index contributed by atoms with van der Waals surface area (Å²) < 4.78 is 4.98. The maximum absolute atomic E-state index is 11.8. The van der Waals surface area contributed by atoms with Crippen molar-refractivity contribution in [3.63, 3.8) is 0 Å². The van der Waals surface area contributed by atoms with Crippen molar-refractivity contribution in [3.8, 4) is 0 Å². The minimum Gasteiger partial charge on any atom is -0.452 e. The molecule has 0 aliphatic carbocycles. The zero-order chi connectivity index (χ0) is 17.2. The van der Waals surface area contributed by atoms with Crippen LogP contribution in [0.5, 0.6) is 0 Å². The number of likely N-dealkylation sites (N-methyl/N-ethyl adjacent to an activating group) is 1. The molecule has 0 fully saturated rings. The quantitative estimate of drug-likeness (QED) is 0.705. The molecule has 2 N–H and O–H groups in total. The summed E-state index contributed by atoms with van der Waals surface area (Å²) >= 11 is 1.14. The van der Waals surface area contributed by atoms with Crippen molar-refractivity contribution in [2.45, 2.75) is 26.9 Å². The van der Waals surface area contributed by atoms with Crippen molar-refractivity contribution >= 4 is 35.2 Å². The highest BCUT2D eigenvalue weighted by Gasteiger charge is 2.17. The summed E-state index contributed by atoms with van der Waals surface area (Å²) in [5.74, 6) is -0.880. The third-order valence-corrected chi connectivity index (χ3v) is 3.69. The fourth-order valence-corrected chi connectivity index (χ4v) is 2.34. The van der Waals surface area contributed by atoms with E-state index >= 15 is 0 Å². The Morgan fingerprint density at radius 3 is 2.65 bits per heavy atom. The van der Waals surface area contributed by atoms with Crippen LogP contribution in [0.15, 0.2) is 24.3 Å². The van der Waals surface area contributed by atoms with Crippen LogP contribution in [0.25, 0.3) is 0 Å². The smallest absolute Gasteiger partial charge is 0.316 e. The summed E-state index contributed by atoms with van der Waals surface area (Å²) in [7, 11) is 0. The average molecular weight is 338 g/mol. The van der Waals surface area contributed by atoms with E-state index in [-0.39, 0.29) is 23.3 Å². The van der Waals surface area contributed by atoms with Crippen LogP contribution in [0, 0.1) is 6.92 Å². The molecule has 1 aromatic carbocycles. The monoisotopic (exact) mass is 338 g/mol. The second kappa shape index (κ2) is 9.89. The third-order valence-electron chi connectivity index (χ3n) is 2.78. The van der Waals surface area contributed by atoms with Crippen LogP contribution in [0.1, 0.15) is 19.4 Å². The van der Waals surface area contributed by atoms with Crippen LogP contribution in [0.4, 0.5) is 5.69 Å². The zero-order valence-corrected chi connectivity index (χ0v) is 14.4. The van der Waals surface area contributed by atoms with E-state index in [0.29, 0.717) is 6.54 Å². The minimum atomic E-state index is -0.829. The van der Waals surface area contributed by atoms with Gasteiger partial charge in [0.05, 0.1) is 11.5 Å². The fourth-order valence-electron chi connectivity index (χ4n) is 1.75. The molecule has 1 rings (SSSR count). The number of rotatable bonds is 8. The lowest BCUT2D eigenvalue weighted by Crippen LogP contribution is -2.36. The minimum absolute atomic E-state index is 0.0188. The molecule has 23 heavy (non-hydrogen) atoms. The molecule has 6 nitrogen and oxygen atoms in total. The Bertz CT molecular complexity index is 563. The van der Waals surface area contributed by atoms with E-state index in [2.05, 4.69) is 10.6 Å². The van der Waals surface area contributed by atoms with Gasteiger partial charge in [-0.05, 0) is 38.5 Å². The number of thioether (sulfide) groups is 1. The lowest BCUT2D eigenvalue weighted by molar-refractivity contribution is -0.152. The predicted octanol–water partition coefficient (Wildman–Crippen LogP) is 1.73. The lowest BCUT2D eigenvalue weighted by atomic mass is 10.2. The van der Waals surface area contributed by atoms with Gasteiger partial charge in [-0.1, -0.05) is 12.1 Å². The number of hydrogen-bond donors (Lipinski definition) is 2. The highest BCUT2D eigenvalue weighted by molar-refractivity contribution is 8.00. The molecule has 7 heteroatoms. The number of carbonyl (C=O) groups excluding carboxylic acids is 3. The largest absolute Gasteiger partial charge is 0.452 e. The second-order valence-electron chi connectivity index (χ2n) is 4.94. The van der Waals surface area contributed by atoms with Crippen molar-refractivity contribution in [1.29, 1.82) is 0 Å². The number of ether oxygens (including phenoxy) is 1. The molecule has 0 unspecified atom stereocenters. The number of anilines is 1. The first-order valence-electron chi connectivity index (χ1n) is 7.33. The molecule has 0 heterocycles. The summed E-state index contributed by atoms with van der Waals surface area (Å²) in [6, 6.07) is 7.47. The molecule has 0 saturated heterocycles.